The summed E-state index contributed by atoms with van der Waals surface area (Å²) in [5.74, 6) is -0.774. The van der Waals surface area contributed by atoms with Crippen LogP contribution < -0.4 is 0 Å². The fraction of sp³-hybridized carbons (Fsp3) is 0.533. The topological polar surface area (TPSA) is 40.5 Å². The first-order valence-electron chi connectivity index (χ1n) is 6.73. The van der Waals surface area contributed by atoms with Crippen LogP contribution in [0.3, 0.4) is 0 Å². The summed E-state index contributed by atoms with van der Waals surface area (Å²) in [5, 5.41) is 9.95. The van der Waals surface area contributed by atoms with Crippen molar-refractivity contribution in [1.29, 1.82) is 0 Å². The van der Waals surface area contributed by atoms with Gasteiger partial charge >= 0.3 is 5.97 Å². The summed E-state index contributed by atoms with van der Waals surface area (Å²) in [6.07, 6.45) is 0.857. The van der Waals surface area contributed by atoms with Gasteiger partial charge in [0.05, 0.1) is 12.0 Å². The maximum atomic E-state index is 11.3. The zero-order valence-electron chi connectivity index (χ0n) is 11.8. The van der Waals surface area contributed by atoms with Crippen LogP contribution in [0.1, 0.15) is 39.2 Å². The van der Waals surface area contributed by atoms with Crippen LogP contribution in [0.2, 0.25) is 5.02 Å². The summed E-state index contributed by atoms with van der Waals surface area (Å²) < 4.78 is 0. The monoisotopic (exact) mass is 283 g/mol. The molecule has 19 heavy (non-hydrogen) atoms. The van der Waals surface area contributed by atoms with E-state index in [0.717, 1.165) is 25.1 Å². The van der Waals surface area contributed by atoms with E-state index in [1.165, 1.54) is 0 Å². The summed E-state index contributed by atoms with van der Waals surface area (Å²) in [7, 11) is 0. The third-order valence-corrected chi connectivity index (χ3v) is 4.03. The molecule has 0 saturated carbocycles. The summed E-state index contributed by atoms with van der Waals surface area (Å²) >= 11 is 5.93. The molecule has 0 fully saturated rings. The molecule has 0 aliphatic carbocycles. The van der Waals surface area contributed by atoms with Crippen molar-refractivity contribution in [3.63, 3.8) is 0 Å². The molecule has 0 aliphatic rings. The van der Waals surface area contributed by atoms with Gasteiger partial charge in [-0.25, -0.2) is 0 Å². The predicted octanol–water partition coefficient (Wildman–Crippen LogP) is 3.76. The van der Waals surface area contributed by atoms with Gasteiger partial charge in [0.2, 0.25) is 0 Å². The lowest BCUT2D eigenvalue weighted by atomic mass is 9.82. The maximum Gasteiger partial charge on any atom is 0.305 e. The average Bonchev–Trinajstić information content (AvgIpc) is 2.39. The zero-order chi connectivity index (χ0) is 14.5. The van der Waals surface area contributed by atoms with Crippen LogP contribution >= 0.6 is 11.6 Å². The number of rotatable bonds is 7. The Morgan fingerprint density at radius 2 is 1.74 bits per heavy atom. The SMILES string of the molecule is CCN(CC)C(CC)(CC(=O)O)c1ccc(Cl)cc1. The molecule has 0 heterocycles. The van der Waals surface area contributed by atoms with Gasteiger partial charge in [-0.1, -0.05) is 44.5 Å². The number of carbonyl (C=O) groups is 1. The summed E-state index contributed by atoms with van der Waals surface area (Å²) in [4.78, 5) is 13.5. The molecule has 1 atom stereocenters. The van der Waals surface area contributed by atoms with Gasteiger partial charge in [0.15, 0.2) is 0 Å². The first-order chi connectivity index (χ1) is 9.00. The molecule has 0 radical (unpaired) electrons. The van der Waals surface area contributed by atoms with Crippen molar-refractivity contribution in [2.45, 2.75) is 39.2 Å². The van der Waals surface area contributed by atoms with Gasteiger partial charge in [-0.05, 0) is 37.2 Å². The second kappa shape index (κ2) is 6.92. The average molecular weight is 284 g/mol. The quantitative estimate of drug-likeness (QED) is 0.828. The minimum absolute atomic E-state index is 0.104. The minimum atomic E-state index is -0.774. The van der Waals surface area contributed by atoms with Gasteiger partial charge < -0.3 is 5.11 Å². The van der Waals surface area contributed by atoms with E-state index in [0.29, 0.717) is 5.02 Å². The molecule has 106 valence electrons. The molecular weight excluding hydrogens is 262 g/mol. The van der Waals surface area contributed by atoms with E-state index < -0.39 is 11.5 Å². The maximum absolute atomic E-state index is 11.3. The van der Waals surface area contributed by atoms with Gasteiger partial charge in [0, 0.05) is 5.02 Å². The molecule has 1 unspecified atom stereocenters. The van der Waals surface area contributed by atoms with Gasteiger partial charge in [-0.3, -0.25) is 9.69 Å². The van der Waals surface area contributed by atoms with Crippen molar-refractivity contribution >= 4 is 17.6 Å². The summed E-state index contributed by atoms with van der Waals surface area (Å²) in [5.41, 5.74) is 0.561. The Balaban J connectivity index is 3.29. The highest BCUT2D eigenvalue weighted by atomic mass is 35.5. The second-order valence-electron chi connectivity index (χ2n) is 4.63. The van der Waals surface area contributed by atoms with Crippen molar-refractivity contribution in [3.8, 4) is 0 Å². The Labute approximate surface area is 120 Å². The molecule has 0 aliphatic heterocycles. The Morgan fingerprint density at radius 3 is 2.11 bits per heavy atom. The van der Waals surface area contributed by atoms with Crippen molar-refractivity contribution in [3.05, 3.63) is 34.9 Å². The van der Waals surface area contributed by atoms with Crippen molar-refractivity contribution in [2.24, 2.45) is 0 Å². The van der Waals surface area contributed by atoms with E-state index >= 15 is 0 Å². The number of benzene rings is 1. The van der Waals surface area contributed by atoms with Crippen LogP contribution in [0.25, 0.3) is 0 Å². The normalized spacial score (nSPS) is 14.4. The Hall–Kier alpha value is -1.06. The Kier molecular flexibility index (Phi) is 5.83. The Bertz CT molecular complexity index is 415. The number of halogens is 1. The predicted molar refractivity (Wildman–Crippen MR) is 78.6 cm³/mol. The van der Waals surface area contributed by atoms with E-state index in [2.05, 4.69) is 18.7 Å². The third kappa shape index (κ3) is 3.48. The van der Waals surface area contributed by atoms with Crippen LogP contribution in [-0.4, -0.2) is 29.1 Å². The number of carboxylic acids is 1. The molecule has 0 amide bonds. The van der Waals surface area contributed by atoms with E-state index in [1.54, 1.807) is 0 Å². The highest BCUT2D eigenvalue weighted by molar-refractivity contribution is 6.30. The first-order valence-corrected chi connectivity index (χ1v) is 7.10. The summed E-state index contributed by atoms with van der Waals surface area (Å²) in [6, 6.07) is 7.53. The second-order valence-corrected chi connectivity index (χ2v) is 5.07. The van der Waals surface area contributed by atoms with Crippen molar-refractivity contribution in [2.75, 3.05) is 13.1 Å². The van der Waals surface area contributed by atoms with Gasteiger partial charge in [0.1, 0.15) is 0 Å². The number of carboxylic acid groups (broad SMARTS) is 1. The molecule has 0 spiro atoms. The molecule has 1 rings (SSSR count). The number of hydrogen-bond acceptors (Lipinski definition) is 2. The lowest BCUT2D eigenvalue weighted by Crippen LogP contribution is -2.47. The van der Waals surface area contributed by atoms with Crippen LogP contribution in [0.4, 0.5) is 0 Å². The Morgan fingerprint density at radius 1 is 1.21 bits per heavy atom. The highest BCUT2D eigenvalue weighted by Gasteiger charge is 2.37. The molecule has 3 nitrogen and oxygen atoms in total. The molecule has 0 aromatic heterocycles. The van der Waals surface area contributed by atoms with Crippen LogP contribution in [0.5, 0.6) is 0 Å². The molecule has 1 aromatic carbocycles. The van der Waals surface area contributed by atoms with Crippen LogP contribution in [0, 0.1) is 0 Å². The fourth-order valence-corrected chi connectivity index (χ4v) is 2.91. The number of hydrogen-bond donors (Lipinski definition) is 1. The van der Waals surface area contributed by atoms with Crippen molar-refractivity contribution in [1.82, 2.24) is 4.90 Å². The van der Waals surface area contributed by atoms with Crippen LogP contribution in [-0.2, 0) is 10.3 Å². The fourth-order valence-electron chi connectivity index (χ4n) is 2.79. The van der Waals surface area contributed by atoms with Gasteiger partial charge in [0.25, 0.3) is 0 Å². The minimum Gasteiger partial charge on any atom is -0.481 e. The molecule has 1 aromatic rings. The molecule has 1 N–H and O–H groups in total. The van der Waals surface area contributed by atoms with E-state index in [9.17, 15) is 9.90 Å². The smallest absolute Gasteiger partial charge is 0.305 e. The van der Waals surface area contributed by atoms with E-state index in [4.69, 9.17) is 11.6 Å². The first kappa shape index (κ1) is 16.0. The highest BCUT2D eigenvalue weighted by Crippen LogP contribution is 2.36. The van der Waals surface area contributed by atoms with Gasteiger partial charge in [-0.15, -0.1) is 0 Å². The van der Waals surface area contributed by atoms with Gasteiger partial charge in [-0.2, -0.15) is 0 Å². The van der Waals surface area contributed by atoms with E-state index in [-0.39, 0.29) is 6.42 Å². The number of aliphatic carboxylic acids is 1. The largest absolute Gasteiger partial charge is 0.481 e. The molecule has 4 heteroatoms. The standard InChI is InChI=1S/C15H22ClNO2/c1-4-15(11-14(18)19,17(5-2)6-3)12-7-9-13(16)10-8-12/h7-10H,4-6,11H2,1-3H3,(H,18,19). The van der Waals surface area contributed by atoms with Crippen molar-refractivity contribution < 1.29 is 9.90 Å². The molecule has 0 saturated heterocycles. The summed E-state index contributed by atoms with van der Waals surface area (Å²) in [6.45, 7) is 7.80. The molecule has 0 bridgehead atoms. The lowest BCUT2D eigenvalue weighted by molar-refractivity contribution is -0.141. The van der Waals surface area contributed by atoms with E-state index in [1.807, 2.05) is 31.2 Å². The van der Waals surface area contributed by atoms with Crippen LogP contribution in [0.15, 0.2) is 24.3 Å². The zero-order valence-corrected chi connectivity index (χ0v) is 12.6. The lowest BCUT2D eigenvalue weighted by Gasteiger charge is -2.42. The third-order valence-electron chi connectivity index (χ3n) is 3.78. The molecular formula is C15H22ClNO2. The number of nitrogens with zero attached hydrogens (tertiary/aromatic N) is 1.